The predicted molar refractivity (Wildman–Crippen MR) is 121 cm³/mol. The number of esters is 1. The lowest BCUT2D eigenvalue weighted by molar-refractivity contribution is -0.146. The van der Waals surface area contributed by atoms with Crippen molar-refractivity contribution in [3.8, 4) is 11.1 Å². The van der Waals surface area contributed by atoms with Gasteiger partial charge in [0.25, 0.3) is 0 Å². The van der Waals surface area contributed by atoms with Gasteiger partial charge in [0.15, 0.2) is 0 Å². The van der Waals surface area contributed by atoms with Crippen LogP contribution in [0.2, 0.25) is 0 Å². The van der Waals surface area contributed by atoms with E-state index < -0.39 is 24.0 Å². The molecule has 3 rings (SSSR count). The third-order valence-corrected chi connectivity index (χ3v) is 5.52. The van der Waals surface area contributed by atoms with Crippen molar-refractivity contribution in [2.24, 2.45) is 0 Å². The molecule has 7 nitrogen and oxygen atoms in total. The van der Waals surface area contributed by atoms with Crippen molar-refractivity contribution < 1.29 is 23.9 Å². The van der Waals surface area contributed by atoms with Gasteiger partial charge in [-0.05, 0) is 29.2 Å². The summed E-state index contributed by atoms with van der Waals surface area (Å²) in [5, 5.41) is 2.53. The molecule has 0 heterocycles. The number of hydrogen-bond donors (Lipinski definition) is 1. The van der Waals surface area contributed by atoms with Gasteiger partial charge in [-0.15, -0.1) is 0 Å². The van der Waals surface area contributed by atoms with Gasteiger partial charge in [-0.1, -0.05) is 61.2 Å². The van der Waals surface area contributed by atoms with Crippen LogP contribution in [0.25, 0.3) is 11.1 Å². The molecule has 1 aliphatic rings. The van der Waals surface area contributed by atoms with Gasteiger partial charge >= 0.3 is 12.1 Å². The van der Waals surface area contributed by atoms with Crippen molar-refractivity contribution in [1.82, 2.24) is 10.2 Å². The molecule has 0 bridgehead atoms. The predicted octanol–water partition coefficient (Wildman–Crippen LogP) is 3.49. The summed E-state index contributed by atoms with van der Waals surface area (Å²) < 4.78 is 10.5. The highest BCUT2D eigenvalue weighted by atomic mass is 16.5. The second kappa shape index (κ2) is 10.6. The Morgan fingerprint density at radius 3 is 2.22 bits per heavy atom. The summed E-state index contributed by atoms with van der Waals surface area (Å²) in [6.45, 7) is 5.88. The molecule has 0 radical (unpaired) electrons. The van der Waals surface area contributed by atoms with Crippen molar-refractivity contribution >= 4 is 18.0 Å². The molecule has 1 aliphatic carbocycles. The number of likely N-dealkylation sites (N-methyl/N-ethyl adjacent to an activating group) is 1. The van der Waals surface area contributed by atoms with Crippen molar-refractivity contribution in [3.63, 3.8) is 0 Å². The fourth-order valence-electron chi connectivity index (χ4n) is 3.78. The number of carbonyl (C=O) groups is 3. The Morgan fingerprint density at radius 1 is 1.06 bits per heavy atom. The number of benzene rings is 2. The monoisotopic (exact) mass is 436 g/mol. The Bertz CT molecular complexity index is 958. The molecule has 0 fully saturated rings. The molecule has 168 valence electrons. The highest BCUT2D eigenvalue weighted by Gasteiger charge is 2.31. The maximum absolute atomic E-state index is 12.6. The molecule has 2 amide bonds. The molecule has 7 heteroatoms. The number of amides is 2. The standard InChI is InChI=1S/C25H28N2O5/c1-4-14-31-23(28)15-22(24(29)27(3)5-2)26-25(30)32-16-21-19-12-8-6-10-17(19)18-11-7-9-13-20(18)21/h4,6-13,21-22H,1,5,14-16H2,2-3H3,(H,26,30)/t22-/m0/s1. The summed E-state index contributed by atoms with van der Waals surface area (Å²) in [6, 6.07) is 15.0. The highest BCUT2D eigenvalue weighted by Crippen LogP contribution is 2.44. The molecule has 1 N–H and O–H groups in total. The van der Waals surface area contributed by atoms with E-state index in [1.54, 1.807) is 14.0 Å². The Morgan fingerprint density at radius 2 is 1.66 bits per heavy atom. The molecule has 1 atom stereocenters. The quantitative estimate of drug-likeness (QED) is 0.480. The Kier molecular flexibility index (Phi) is 7.65. The van der Waals surface area contributed by atoms with E-state index in [1.165, 1.54) is 11.0 Å². The third kappa shape index (κ3) is 5.17. The molecular formula is C25H28N2O5. The summed E-state index contributed by atoms with van der Waals surface area (Å²) in [7, 11) is 1.60. The van der Waals surface area contributed by atoms with Gasteiger partial charge in [0.1, 0.15) is 19.3 Å². The van der Waals surface area contributed by atoms with E-state index >= 15 is 0 Å². The lowest BCUT2D eigenvalue weighted by Crippen LogP contribution is -2.48. The fraction of sp³-hybridized carbons (Fsp3) is 0.320. The van der Waals surface area contributed by atoms with Crippen molar-refractivity contribution in [3.05, 3.63) is 72.3 Å². The molecule has 0 saturated heterocycles. The van der Waals surface area contributed by atoms with Crippen LogP contribution in [0.1, 0.15) is 30.4 Å². The zero-order valence-corrected chi connectivity index (χ0v) is 18.4. The van der Waals surface area contributed by atoms with Crippen molar-refractivity contribution in [2.45, 2.75) is 25.3 Å². The number of alkyl carbamates (subject to hydrolysis) is 1. The molecule has 32 heavy (non-hydrogen) atoms. The number of hydrogen-bond acceptors (Lipinski definition) is 5. The number of carbonyl (C=O) groups excluding carboxylic acids is 3. The maximum Gasteiger partial charge on any atom is 0.407 e. The van der Waals surface area contributed by atoms with Crippen molar-refractivity contribution in [2.75, 3.05) is 26.8 Å². The zero-order chi connectivity index (χ0) is 23.1. The molecule has 0 aliphatic heterocycles. The van der Waals surface area contributed by atoms with E-state index in [9.17, 15) is 14.4 Å². The topological polar surface area (TPSA) is 84.9 Å². The van der Waals surface area contributed by atoms with E-state index in [1.807, 2.05) is 36.4 Å². The minimum atomic E-state index is -1.08. The summed E-state index contributed by atoms with van der Waals surface area (Å²) in [4.78, 5) is 38.7. The Labute approximate surface area is 188 Å². The summed E-state index contributed by atoms with van der Waals surface area (Å²) in [5.41, 5.74) is 4.43. The fourth-order valence-corrected chi connectivity index (χ4v) is 3.78. The number of fused-ring (bicyclic) bond motifs is 3. The van der Waals surface area contributed by atoms with Crippen molar-refractivity contribution in [1.29, 1.82) is 0 Å². The number of rotatable bonds is 9. The summed E-state index contributed by atoms with van der Waals surface area (Å²) in [5.74, 6) is -1.10. The van der Waals surface area contributed by atoms with E-state index in [0.29, 0.717) is 6.54 Å². The van der Waals surface area contributed by atoms with Crippen LogP contribution >= 0.6 is 0 Å². The minimum Gasteiger partial charge on any atom is -0.461 e. The van der Waals surface area contributed by atoms with Gasteiger partial charge < -0.3 is 19.7 Å². The Balaban J connectivity index is 1.68. The number of nitrogens with one attached hydrogen (secondary N) is 1. The van der Waals surface area contributed by atoms with Crippen LogP contribution in [0.4, 0.5) is 4.79 Å². The second-order valence-corrected chi connectivity index (χ2v) is 7.55. The summed E-state index contributed by atoms with van der Waals surface area (Å²) in [6.07, 6.45) is 0.388. The first-order valence-electron chi connectivity index (χ1n) is 10.6. The normalized spacial score (nSPS) is 12.8. The molecule has 0 saturated carbocycles. The average molecular weight is 437 g/mol. The lowest BCUT2D eigenvalue weighted by Gasteiger charge is -2.23. The van der Waals surface area contributed by atoms with Crippen LogP contribution in [-0.2, 0) is 19.1 Å². The largest absolute Gasteiger partial charge is 0.461 e. The van der Waals surface area contributed by atoms with E-state index in [0.717, 1.165) is 22.3 Å². The molecule has 0 aromatic heterocycles. The first-order chi connectivity index (χ1) is 15.5. The minimum absolute atomic E-state index is 0.0360. The smallest absolute Gasteiger partial charge is 0.407 e. The lowest BCUT2D eigenvalue weighted by atomic mass is 9.98. The number of nitrogens with zero attached hydrogens (tertiary/aromatic N) is 1. The summed E-state index contributed by atoms with van der Waals surface area (Å²) >= 11 is 0. The van der Waals surface area contributed by atoms with Crippen LogP contribution in [0.15, 0.2) is 61.2 Å². The van der Waals surface area contributed by atoms with Gasteiger partial charge in [-0.25, -0.2) is 4.79 Å². The highest BCUT2D eigenvalue weighted by molar-refractivity contribution is 5.89. The van der Waals surface area contributed by atoms with Crippen LogP contribution in [-0.4, -0.2) is 55.7 Å². The van der Waals surface area contributed by atoms with Gasteiger partial charge in [-0.3, -0.25) is 9.59 Å². The third-order valence-electron chi connectivity index (χ3n) is 5.52. The molecular weight excluding hydrogens is 408 g/mol. The van der Waals surface area contributed by atoms with E-state index in [2.05, 4.69) is 24.0 Å². The Hall–Kier alpha value is -3.61. The molecule has 2 aromatic rings. The van der Waals surface area contributed by atoms with Gasteiger partial charge in [0, 0.05) is 19.5 Å². The first kappa shape index (κ1) is 23.1. The average Bonchev–Trinajstić information content (AvgIpc) is 3.13. The van der Waals surface area contributed by atoms with E-state index in [-0.39, 0.29) is 25.6 Å². The molecule has 0 spiro atoms. The maximum atomic E-state index is 12.6. The van der Waals surface area contributed by atoms with Gasteiger partial charge in [0.05, 0.1) is 6.42 Å². The molecule has 2 aromatic carbocycles. The van der Waals surface area contributed by atoms with Crippen LogP contribution in [0.5, 0.6) is 0 Å². The van der Waals surface area contributed by atoms with Crippen LogP contribution < -0.4 is 5.32 Å². The van der Waals surface area contributed by atoms with Crippen LogP contribution in [0.3, 0.4) is 0 Å². The van der Waals surface area contributed by atoms with Gasteiger partial charge in [0.2, 0.25) is 5.91 Å². The van der Waals surface area contributed by atoms with E-state index in [4.69, 9.17) is 9.47 Å². The number of ether oxygens (including phenoxy) is 2. The van der Waals surface area contributed by atoms with Gasteiger partial charge in [-0.2, -0.15) is 0 Å². The molecule has 0 unspecified atom stereocenters. The zero-order valence-electron chi connectivity index (χ0n) is 18.4. The first-order valence-corrected chi connectivity index (χ1v) is 10.6. The van der Waals surface area contributed by atoms with Crippen LogP contribution in [0, 0.1) is 0 Å². The second-order valence-electron chi connectivity index (χ2n) is 7.55. The SMILES string of the molecule is C=CCOC(=O)C[C@H](NC(=O)OCC1c2ccccc2-c2ccccc21)C(=O)N(C)CC.